The van der Waals surface area contributed by atoms with Crippen molar-refractivity contribution < 1.29 is 9.47 Å². The Labute approximate surface area is 137 Å². The molecule has 0 saturated carbocycles. The molecule has 1 heterocycles. The number of thiazole rings is 1. The summed E-state index contributed by atoms with van der Waals surface area (Å²) in [6, 6.07) is 4.07. The fraction of sp³-hybridized carbons (Fsp3) is 0.400. The zero-order valence-electron chi connectivity index (χ0n) is 12.2. The molecule has 2 aromatic rings. The SMILES string of the molecule is CCCOc1c(Br)cc(CNCc2cncs2)cc1OC. The van der Waals surface area contributed by atoms with E-state index in [-0.39, 0.29) is 0 Å². The Morgan fingerprint density at radius 2 is 2.19 bits per heavy atom. The predicted molar refractivity (Wildman–Crippen MR) is 89.1 cm³/mol. The molecule has 0 amide bonds. The molecule has 1 aromatic carbocycles. The van der Waals surface area contributed by atoms with Gasteiger partial charge in [0.05, 0.1) is 23.7 Å². The molecule has 114 valence electrons. The van der Waals surface area contributed by atoms with Gasteiger partial charge in [0.2, 0.25) is 0 Å². The van der Waals surface area contributed by atoms with E-state index in [2.05, 4.69) is 39.2 Å². The lowest BCUT2D eigenvalue weighted by molar-refractivity contribution is 0.292. The number of hydrogen-bond acceptors (Lipinski definition) is 5. The number of hydrogen-bond donors (Lipinski definition) is 1. The van der Waals surface area contributed by atoms with Gasteiger partial charge < -0.3 is 14.8 Å². The molecule has 0 atom stereocenters. The predicted octanol–water partition coefficient (Wildman–Crippen LogP) is 3.99. The molecule has 0 spiro atoms. The first-order valence-corrected chi connectivity index (χ1v) is 8.49. The van der Waals surface area contributed by atoms with Gasteiger partial charge in [-0.25, -0.2) is 0 Å². The van der Waals surface area contributed by atoms with Gasteiger partial charge >= 0.3 is 0 Å². The third-order valence-electron chi connectivity index (χ3n) is 2.85. The van der Waals surface area contributed by atoms with Crippen molar-refractivity contribution in [1.82, 2.24) is 10.3 Å². The first-order valence-electron chi connectivity index (χ1n) is 6.82. The molecule has 21 heavy (non-hydrogen) atoms. The first kappa shape index (κ1) is 16.3. The maximum absolute atomic E-state index is 5.73. The van der Waals surface area contributed by atoms with Crippen LogP contribution in [0.25, 0.3) is 0 Å². The molecule has 0 saturated heterocycles. The Hall–Kier alpha value is -1.11. The second kappa shape index (κ2) is 8.36. The molecular weight excluding hydrogens is 352 g/mol. The average molecular weight is 371 g/mol. The van der Waals surface area contributed by atoms with Crippen LogP contribution in [0.5, 0.6) is 11.5 Å². The maximum atomic E-state index is 5.73. The zero-order chi connectivity index (χ0) is 15.1. The van der Waals surface area contributed by atoms with E-state index in [9.17, 15) is 0 Å². The van der Waals surface area contributed by atoms with Crippen LogP contribution in [0.2, 0.25) is 0 Å². The van der Waals surface area contributed by atoms with Gasteiger partial charge in [-0.3, -0.25) is 4.98 Å². The lowest BCUT2D eigenvalue weighted by Gasteiger charge is -2.14. The molecule has 0 aliphatic carbocycles. The van der Waals surface area contributed by atoms with Gasteiger partial charge in [0.25, 0.3) is 0 Å². The van der Waals surface area contributed by atoms with Crippen molar-refractivity contribution in [3.8, 4) is 11.5 Å². The summed E-state index contributed by atoms with van der Waals surface area (Å²) in [7, 11) is 1.66. The van der Waals surface area contributed by atoms with E-state index in [1.54, 1.807) is 18.4 Å². The quantitative estimate of drug-likeness (QED) is 0.762. The lowest BCUT2D eigenvalue weighted by Crippen LogP contribution is -2.12. The number of ether oxygens (including phenoxy) is 2. The minimum Gasteiger partial charge on any atom is -0.493 e. The number of nitrogens with zero attached hydrogens (tertiary/aromatic N) is 1. The van der Waals surface area contributed by atoms with Crippen molar-refractivity contribution in [3.63, 3.8) is 0 Å². The Morgan fingerprint density at radius 1 is 1.33 bits per heavy atom. The molecule has 1 aromatic heterocycles. The Kier molecular flexibility index (Phi) is 6.48. The van der Waals surface area contributed by atoms with Crippen LogP contribution in [-0.4, -0.2) is 18.7 Å². The molecule has 2 rings (SSSR count). The Morgan fingerprint density at radius 3 is 2.86 bits per heavy atom. The highest BCUT2D eigenvalue weighted by Crippen LogP contribution is 2.36. The minimum absolute atomic E-state index is 0.679. The molecule has 0 fully saturated rings. The minimum atomic E-state index is 0.679. The van der Waals surface area contributed by atoms with E-state index >= 15 is 0 Å². The number of aromatic nitrogens is 1. The summed E-state index contributed by atoms with van der Waals surface area (Å²) < 4.78 is 12.1. The van der Waals surface area contributed by atoms with Crippen molar-refractivity contribution in [3.05, 3.63) is 38.8 Å². The molecule has 0 aliphatic heterocycles. The second-order valence-corrected chi connectivity index (χ2v) is 6.35. The van der Waals surface area contributed by atoms with Gasteiger partial charge in [-0.1, -0.05) is 6.92 Å². The molecule has 1 N–H and O–H groups in total. The smallest absolute Gasteiger partial charge is 0.175 e. The standard InChI is InChI=1S/C15H19BrN2O2S/c1-3-4-20-15-13(16)5-11(6-14(15)19-2)7-17-8-12-9-18-10-21-12/h5-6,9-10,17H,3-4,7-8H2,1-2H3. The highest BCUT2D eigenvalue weighted by atomic mass is 79.9. The van der Waals surface area contributed by atoms with Gasteiger partial charge in [0, 0.05) is 24.2 Å². The van der Waals surface area contributed by atoms with Crippen molar-refractivity contribution in [2.75, 3.05) is 13.7 Å². The fourth-order valence-corrected chi connectivity index (χ4v) is 3.05. The van der Waals surface area contributed by atoms with Crippen molar-refractivity contribution in [2.24, 2.45) is 0 Å². The second-order valence-electron chi connectivity index (χ2n) is 4.53. The van der Waals surface area contributed by atoms with Crippen LogP contribution in [0, 0.1) is 0 Å². The van der Waals surface area contributed by atoms with E-state index in [0.717, 1.165) is 41.0 Å². The van der Waals surface area contributed by atoms with Crippen molar-refractivity contribution >= 4 is 27.3 Å². The third-order valence-corrected chi connectivity index (χ3v) is 4.22. The van der Waals surface area contributed by atoms with E-state index < -0.39 is 0 Å². The van der Waals surface area contributed by atoms with Gasteiger partial charge in [-0.2, -0.15) is 0 Å². The molecule has 6 heteroatoms. The van der Waals surface area contributed by atoms with Crippen LogP contribution in [0.15, 0.2) is 28.3 Å². The number of nitrogens with one attached hydrogen (secondary N) is 1. The van der Waals surface area contributed by atoms with Crippen molar-refractivity contribution in [1.29, 1.82) is 0 Å². The van der Waals surface area contributed by atoms with Crippen LogP contribution in [0.3, 0.4) is 0 Å². The molecule has 0 bridgehead atoms. The van der Waals surface area contributed by atoms with Crippen LogP contribution >= 0.6 is 27.3 Å². The highest BCUT2D eigenvalue weighted by Gasteiger charge is 2.11. The average Bonchev–Trinajstić information content (AvgIpc) is 2.99. The summed E-state index contributed by atoms with van der Waals surface area (Å²) in [5.74, 6) is 1.53. The molecule has 0 radical (unpaired) electrons. The highest BCUT2D eigenvalue weighted by molar-refractivity contribution is 9.10. The largest absolute Gasteiger partial charge is 0.493 e. The van der Waals surface area contributed by atoms with Crippen LogP contribution in [0.1, 0.15) is 23.8 Å². The number of rotatable bonds is 8. The van der Waals surface area contributed by atoms with Crippen LogP contribution in [0.4, 0.5) is 0 Å². The molecular formula is C15H19BrN2O2S. The number of methoxy groups -OCH3 is 1. The molecule has 0 unspecified atom stereocenters. The monoisotopic (exact) mass is 370 g/mol. The van der Waals surface area contributed by atoms with Gasteiger partial charge in [0.1, 0.15) is 0 Å². The topological polar surface area (TPSA) is 43.4 Å². The zero-order valence-corrected chi connectivity index (χ0v) is 14.6. The molecule has 0 aliphatic rings. The third kappa shape index (κ3) is 4.69. The number of benzene rings is 1. The van der Waals surface area contributed by atoms with Crippen molar-refractivity contribution in [2.45, 2.75) is 26.4 Å². The van der Waals surface area contributed by atoms with E-state index in [1.807, 2.05) is 17.8 Å². The summed E-state index contributed by atoms with van der Waals surface area (Å²) in [6.45, 7) is 4.34. The maximum Gasteiger partial charge on any atom is 0.175 e. The summed E-state index contributed by atoms with van der Waals surface area (Å²) in [5.41, 5.74) is 2.99. The molecule has 4 nitrogen and oxygen atoms in total. The Balaban J connectivity index is 2.01. The Bertz CT molecular complexity index is 561. The van der Waals surface area contributed by atoms with Gasteiger partial charge in [-0.05, 0) is 40.0 Å². The van der Waals surface area contributed by atoms with E-state index in [4.69, 9.17) is 9.47 Å². The van der Waals surface area contributed by atoms with Crippen LogP contribution in [-0.2, 0) is 13.1 Å². The van der Waals surface area contributed by atoms with Gasteiger partial charge in [0.15, 0.2) is 11.5 Å². The van der Waals surface area contributed by atoms with Gasteiger partial charge in [-0.15, -0.1) is 11.3 Å². The summed E-state index contributed by atoms with van der Waals surface area (Å²) in [6.07, 6.45) is 2.85. The normalized spacial score (nSPS) is 10.6. The van der Waals surface area contributed by atoms with E-state index in [0.29, 0.717) is 6.61 Å². The number of halogens is 1. The summed E-state index contributed by atoms with van der Waals surface area (Å²) in [4.78, 5) is 5.29. The summed E-state index contributed by atoms with van der Waals surface area (Å²) >= 11 is 5.21. The summed E-state index contributed by atoms with van der Waals surface area (Å²) in [5, 5.41) is 3.40. The first-order chi connectivity index (χ1) is 10.2. The lowest BCUT2D eigenvalue weighted by atomic mass is 10.2. The fourth-order valence-electron chi connectivity index (χ4n) is 1.88. The van der Waals surface area contributed by atoms with E-state index in [1.165, 1.54) is 4.88 Å². The van der Waals surface area contributed by atoms with Crippen LogP contribution < -0.4 is 14.8 Å².